The van der Waals surface area contributed by atoms with E-state index in [1.54, 1.807) is 24.3 Å². The molecule has 1 aliphatic heterocycles. The first-order chi connectivity index (χ1) is 9.06. The van der Waals surface area contributed by atoms with Gasteiger partial charge in [-0.1, -0.05) is 18.2 Å². The van der Waals surface area contributed by atoms with Gasteiger partial charge in [0.15, 0.2) is 5.78 Å². The van der Waals surface area contributed by atoms with Crippen molar-refractivity contribution >= 4 is 42.2 Å². The van der Waals surface area contributed by atoms with Crippen LogP contribution in [0, 0.1) is 0 Å². The number of rotatable bonds is 4. The predicted octanol–water partition coefficient (Wildman–Crippen LogP) is 3.17. The molecule has 1 aromatic carbocycles. The molecule has 3 nitrogen and oxygen atoms in total. The number of halogens is 3. The van der Waals surface area contributed by atoms with E-state index in [1.165, 1.54) is 0 Å². The van der Waals surface area contributed by atoms with Gasteiger partial charge < -0.3 is 4.90 Å². The molecule has 0 unspecified atom stereocenters. The Hall–Kier alpha value is -0.580. The molecule has 0 N–H and O–H groups in total. The van der Waals surface area contributed by atoms with Gasteiger partial charge in [-0.15, -0.1) is 24.8 Å². The van der Waals surface area contributed by atoms with Gasteiger partial charge in [0.1, 0.15) is 0 Å². The van der Waals surface area contributed by atoms with E-state index in [0.29, 0.717) is 22.7 Å². The van der Waals surface area contributed by atoms with E-state index in [2.05, 4.69) is 23.4 Å². The standard InChI is InChI=1S/C15H19ClN2O.2ClH/c1-12(11-18-9-7-17(2)8-10-18)15(19)13-3-5-14(16)6-4-13;;/h3-6H,1,7-11H2,2H3;2*1H. The molecule has 1 aromatic rings. The quantitative estimate of drug-likeness (QED) is 0.615. The Kier molecular flexibility index (Phi) is 9.18. The molecule has 1 heterocycles. The van der Waals surface area contributed by atoms with Crippen molar-refractivity contribution in [2.45, 2.75) is 0 Å². The summed E-state index contributed by atoms with van der Waals surface area (Å²) in [5.41, 5.74) is 1.30. The van der Waals surface area contributed by atoms with Crippen LogP contribution < -0.4 is 0 Å². The average Bonchev–Trinajstić information content (AvgIpc) is 2.41. The highest BCUT2D eigenvalue weighted by Crippen LogP contribution is 2.13. The molecule has 1 saturated heterocycles. The van der Waals surface area contributed by atoms with E-state index in [0.717, 1.165) is 26.2 Å². The number of nitrogens with zero attached hydrogens (tertiary/aromatic N) is 2. The first kappa shape index (κ1) is 20.4. The minimum absolute atomic E-state index is 0. The van der Waals surface area contributed by atoms with Crippen molar-refractivity contribution in [3.63, 3.8) is 0 Å². The van der Waals surface area contributed by atoms with Crippen LogP contribution in [-0.4, -0.2) is 55.4 Å². The zero-order valence-electron chi connectivity index (χ0n) is 12.0. The molecule has 0 aliphatic carbocycles. The molecule has 1 fully saturated rings. The van der Waals surface area contributed by atoms with Crippen molar-refractivity contribution in [1.82, 2.24) is 9.80 Å². The smallest absolute Gasteiger partial charge is 0.189 e. The van der Waals surface area contributed by atoms with Crippen LogP contribution in [0.1, 0.15) is 10.4 Å². The maximum absolute atomic E-state index is 12.2. The van der Waals surface area contributed by atoms with Crippen molar-refractivity contribution in [3.05, 3.63) is 47.0 Å². The molecule has 0 radical (unpaired) electrons. The number of Topliss-reactive ketones (excluding diaryl/α,β-unsaturated/α-hetero) is 1. The van der Waals surface area contributed by atoms with Crippen molar-refractivity contribution < 1.29 is 4.79 Å². The number of benzene rings is 1. The fourth-order valence-corrected chi connectivity index (χ4v) is 2.28. The second-order valence-electron chi connectivity index (χ2n) is 5.02. The summed E-state index contributed by atoms with van der Waals surface area (Å²) in [6.07, 6.45) is 0. The van der Waals surface area contributed by atoms with Crippen LogP contribution in [0.5, 0.6) is 0 Å². The zero-order valence-corrected chi connectivity index (χ0v) is 14.4. The number of hydrogen-bond acceptors (Lipinski definition) is 3. The molecule has 0 aromatic heterocycles. The van der Waals surface area contributed by atoms with Gasteiger partial charge in [-0.05, 0) is 31.3 Å². The number of piperazine rings is 1. The van der Waals surface area contributed by atoms with Crippen molar-refractivity contribution in [1.29, 1.82) is 0 Å². The van der Waals surface area contributed by atoms with E-state index in [4.69, 9.17) is 11.6 Å². The fourth-order valence-electron chi connectivity index (χ4n) is 2.15. The molecular formula is C15H21Cl3N2O. The van der Waals surface area contributed by atoms with E-state index in [9.17, 15) is 4.79 Å². The van der Waals surface area contributed by atoms with Crippen molar-refractivity contribution in [3.8, 4) is 0 Å². The van der Waals surface area contributed by atoms with Gasteiger partial charge in [0.05, 0.1) is 0 Å². The summed E-state index contributed by atoms with van der Waals surface area (Å²) in [5, 5.41) is 0.640. The summed E-state index contributed by atoms with van der Waals surface area (Å²) in [7, 11) is 2.12. The van der Waals surface area contributed by atoms with Gasteiger partial charge >= 0.3 is 0 Å². The summed E-state index contributed by atoms with van der Waals surface area (Å²) >= 11 is 5.82. The highest BCUT2D eigenvalue weighted by Gasteiger charge is 2.17. The van der Waals surface area contributed by atoms with Crippen LogP contribution in [0.4, 0.5) is 0 Å². The molecule has 21 heavy (non-hydrogen) atoms. The molecule has 6 heteroatoms. The fraction of sp³-hybridized carbons (Fsp3) is 0.400. The van der Waals surface area contributed by atoms with E-state index < -0.39 is 0 Å². The van der Waals surface area contributed by atoms with Crippen LogP contribution in [0.3, 0.4) is 0 Å². The Morgan fingerprint density at radius 3 is 2.19 bits per heavy atom. The van der Waals surface area contributed by atoms with E-state index in [-0.39, 0.29) is 30.6 Å². The Balaban J connectivity index is 0.00000200. The third kappa shape index (κ3) is 5.97. The zero-order chi connectivity index (χ0) is 13.8. The molecule has 0 bridgehead atoms. The summed E-state index contributed by atoms with van der Waals surface area (Å²) in [5.74, 6) is 0.00981. The van der Waals surface area contributed by atoms with Gasteiger partial charge in [-0.2, -0.15) is 0 Å². The maximum Gasteiger partial charge on any atom is 0.189 e. The highest BCUT2D eigenvalue weighted by molar-refractivity contribution is 6.30. The van der Waals surface area contributed by atoms with Crippen molar-refractivity contribution in [2.75, 3.05) is 39.8 Å². The third-order valence-corrected chi connectivity index (χ3v) is 3.69. The lowest BCUT2D eigenvalue weighted by Gasteiger charge is -2.32. The molecule has 2 rings (SSSR count). The minimum atomic E-state index is 0. The molecular weight excluding hydrogens is 331 g/mol. The van der Waals surface area contributed by atoms with E-state index >= 15 is 0 Å². The Labute approximate surface area is 143 Å². The second kappa shape index (κ2) is 9.44. The normalized spacial score (nSPS) is 15.7. The van der Waals surface area contributed by atoms with Gasteiger partial charge in [0, 0.05) is 48.9 Å². The van der Waals surface area contributed by atoms with Crippen LogP contribution in [0.2, 0.25) is 5.02 Å². The SMILES string of the molecule is C=C(CN1CCN(C)CC1)C(=O)c1ccc(Cl)cc1.Cl.Cl. The largest absolute Gasteiger partial charge is 0.304 e. The topological polar surface area (TPSA) is 23.6 Å². The molecule has 118 valence electrons. The summed E-state index contributed by atoms with van der Waals surface area (Å²) in [6, 6.07) is 6.97. The van der Waals surface area contributed by atoms with Gasteiger partial charge in [0.2, 0.25) is 0 Å². The maximum atomic E-state index is 12.2. The lowest BCUT2D eigenvalue weighted by atomic mass is 10.0. The summed E-state index contributed by atoms with van der Waals surface area (Å²) < 4.78 is 0. The Morgan fingerprint density at radius 1 is 1.14 bits per heavy atom. The molecule has 0 spiro atoms. The number of carbonyl (C=O) groups excluding carboxylic acids is 1. The molecule has 0 amide bonds. The second-order valence-corrected chi connectivity index (χ2v) is 5.46. The summed E-state index contributed by atoms with van der Waals surface area (Å²) in [6.45, 7) is 8.64. The minimum Gasteiger partial charge on any atom is -0.304 e. The monoisotopic (exact) mass is 350 g/mol. The Bertz CT molecular complexity index is 468. The van der Waals surface area contributed by atoms with Crippen LogP contribution in [-0.2, 0) is 0 Å². The Morgan fingerprint density at radius 2 is 1.67 bits per heavy atom. The first-order valence-electron chi connectivity index (χ1n) is 6.45. The molecule has 1 aliphatic rings. The van der Waals surface area contributed by atoms with E-state index in [1.807, 2.05) is 0 Å². The number of likely N-dealkylation sites (N-methyl/N-ethyl adjacent to an activating group) is 1. The number of ketones is 1. The average molecular weight is 352 g/mol. The van der Waals surface area contributed by atoms with Crippen LogP contribution in [0.15, 0.2) is 36.4 Å². The number of carbonyl (C=O) groups is 1. The lowest BCUT2D eigenvalue weighted by Crippen LogP contribution is -2.45. The lowest BCUT2D eigenvalue weighted by molar-refractivity contribution is 0.101. The first-order valence-corrected chi connectivity index (χ1v) is 6.83. The summed E-state index contributed by atoms with van der Waals surface area (Å²) in [4.78, 5) is 16.8. The third-order valence-electron chi connectivity index (χ3n) is 3.44. The number of hydrogen-bond donors (Lipinski definition) is 0. The molecule has 0 atom stereocenters. The predicted molar refractivity (Wildman–Crippen MR) is 93.4 cm³/mol. The van der Waals surface area contributed by atoms with Crippen molar-refractivity contribution in [2.24, 2.45) is 0 Å². The van der Waals surface area contributed by atoms with Crippen LogP contribution >= 0.6 is 36.4 Å². The van der Waals surface area contributed by atoms with Gasteiger partial charge in [-0.3, -0.25) is 9.69 Å². The molecule has 0 saturated carbocycles. The van der Waals surface area contributed by atoms with Gasteiger partial charge in [0.25, 0.3) is 0 Å². The van der Waals surface area contributed by atoms with Gasteiger partial charge in [-0.25, -0.2) is 0 Å². The van der Waals surface area contributed by atoms with Crippen LogP contribution in [0.25, 0.3) is 0 Å². The highest BCUT2D eigenvalue weighted by atomic mass is 35.5.